The number of fused-ring (bicyclic) bond motifs is 1. The number of carboxylic acids is 1. The van der Waals surface area contributed by atoms with Crippen LogP contribution in [0.4, 0.5) is 0 Å². The Hall–Kier alpha value is -3.35. The van der Waals surface area contributed by atoms with Gasteiger partial charge >= 0.3 is 11.7 Å². The van der Waals surface area contributed by atoms with Crippen molar-refractivity contribution in [2.45, 2.75) is 13.5 Å². The molecule has 3 rings (SSSR count). The van der Waals surface area contributed by atoms with Crippen molar-refractivity contribution in [2.24, 2.45) is 0 Å². The number of rotatable bonds is 5. The zero-order valence-corrected chi connectivity index (χ0v) is 13.5. The first kappa shape index (κ1) is 16.5. The number of nitrogens with one attached hydrogen (secondary N) is 1. The lowest BCUT2D eigenvalue weighted by molar-refractivity contribution is 0.0697. The summed E-state index contributed by atoms with van der Waals surface area (Å²) in [5.41, 5.74) is -0.113. The lowest BCUT2D eigenvalue weighted by Crippen LogP contribution is -2.35. The molecule has 0 saturated carbocycles. The summed E-state index contributed by atoms with van der Waals surface area (Å²) in [6, 6.07) is 11.2. The molecule has 25 heavy (non-hydrogen) atoms. The van der Waals surface area contributed by atoms with Gasteiger partial charge in [0.05, 0.1) is 29.6 Å². The van der Waals surface area contributed by atoms with E-state index < -0.39 is 17.2 Å². The molecule has 0 bridgehead atoms. The number of hydrogen-bond donors (Lipinski definition) is 2. The van der Waals surface area contributed by atoms with Crippen LogP contribution in [0.1, 0.15) is 22.8 Å². The molecule has 7 heteroatoms. The summed E-state index contributed by atoms with van der Waals surface area (Å²) in [7, 11) is 0. The molecule has 0 atom stereocenters. The van der Waals surface area contributed by atoms with Crippen molar-refractivity contribution >= 4 is 16.9 Å². The van der Waals surface area contributed by atoms with Crippen LogP contribution in [0.3, 0.4) is 0 Å². The Labute approximate surface area is 142 Å². The van der Waals surface area contributed by atoms with E-state index in [4.69, 9.17) is 9.84 Å². The van der Waals surface area contributed by atoms with Crippen LogP contribution in [0.5, 0.6) is 5.75 Å². The van der Waals surface area contributed by atoms with Crippen molar-refractivity contribution in [3.05, 3.63) is 74.4 Å². The highest BCUT2D eigenvalue weighted by Crippen LogP contribution is 2.14. The first-order valence-corrected chi connectivity index (χ1v) is 7.71. The average molecular weight is 340 g/mol. The van der Waals surface area contributed by atoms with Crippen LogP contribution in [0, 0.1) is 0 Å². The third kappa shape index (κ3) is 3.30. The van der Waals surface area contributed by atoms with Gasteiger partial charge in [0.25, 0.3) is 5.56 Å². The molecule has 1 heterocycles. The molecule has 0 aliphatic rings. The second-order valence-corrected chi connectivity index (χ2v) is 5.47. The molecule has 0 amide bonds. The lowest BCUT2D eigenvalue weighted by atomic mass is 10.1. The Morgan fingerprint density at radius 3 is 2.72 bits per heavy atom. The van der Waals surface area contributed by atoms with E-state index in [0.29, 0.717) is 12.4 Å². The Morgan fingerprint density at radius 2 is 2.00 bits per heavy atom. The van der Waals surface area contributed by atoms with Crippen molar-refractivity contribution in [2.75, 3.05) is 6.61 Å². The van der Waals surface area contributed by atoms with E-state index in [2.05, 4.69) is 4.98 Å². The van der Waals surface area contributed by atoms with Gasteiger partial charge in [-0.15, -0.1) is 0 Å². The number of aromatic carboxylic acids is 1. The number of ether oxygens (including phenoxy) is 1. The number of benzene rings is 2. The molecule has 0 spiro atoms. The summed E-state index contributed by atoms with van der Waals surface area (Å²) < 4.78 is 6.50. The normalized spacial score (nSPS) is 10.8. The summed E-state index contributed by atoms with van der Waals surface area (Å²) >= 11 is 0. The Kier molecular flexibility index (Phi) is 4.38. The largest absolute Gasteiger partial charge is 0.494 e. The molecule has 0 aliphatic carbocycles. The van der Waals surface area contributed by atoms with Gasteiger partial charge in [-0.2, -0.15) is 0 Å². The van der Waals surface area contributed by atoms with Gasteiger partial charge in [-0.1, -0.05) is 12.1 Å². The number of carboxylic acid groups (broad SMARTS) is 1. The molecule has 3 aromatic rings. The van der Waals surface area contributed by atoms with Gasteiger partial charge in [0.2, 0.25) is 0 Å². The predicted molar refractivity (Wildman–Crippen MR) is 92.5 cm³/mol. The molecular formula is C18H16N2O5. The van der Waals surface area contributed by atoms with Gasteiger partial charge < -0.3 is 14.8 Å². The molecule has 2 N–H and O–H groups in total. The van der Waals surface area contributed by atoms with E-state index in [1.165, 1.54) is 18.2 Å². The molecule has 2 aromatic carbocycles. The van der Waals surface area contributed by atoms with Crippen LogP contribution in [0.2, 0.25) is 0 Å². The predicted octanol–water partition coefficient (Wildman–Crippen LogP) is 1.83. The maximum Gasteiger partial charge on any atom is 0.335 e. The third-order valence-corrected chi connectivity index (χ3v) is 3.78. The fourth-order valence-electron chi connectivity index (χ4n) is 2.61. The van der Waals surface area contributed by atoms with E-state index in [1.54, 1.807) is 24.3 Å². The second kappa shape index (κ2) is 6.64. The summed E-state index contributed by atoms with van der Waals surface area (Å²) in [5, 5.41) is 9.27. The van der Waals surface area contributed by atoms with E-state index in [1.807, 2.05) is 6.92 Å². The van der Waals surface area contributed by atoms with Crippen molar-refractivity contribution in [3.8, 4) is 5.75 Å². The minimum absolute atomic E-state index is 0.00437. The molecule has 0 unspecified atom stereocenters. The number of aromatic nitrogens is 2. The first-order valence-electron chi connectivity index (χ1n) is 7.71. The fraction of sp³-hybridized carbons (Fsp3) is 0.167. The zero-order chi connectivity index (χ0) is 18.0. The standard InChI is InChI=1S/C18H16N2O5/c1-2-25-13-5-3-4-11(8-13)10-20-16(21)14-7-6-12(17(22)23)9-15(14)19-18(20)24/h3-9H,2,10H2,1H3,(H,19,24)(H,22,23). The molecule has 128 valence electrons. The van der Waals surface area contributed by atoms with Crippen LogP contribution in [0.15, 0.2) is 52.1 Å². The maximum absolute atomic E-state index is 12.6. The molecule has 0 saturated heterocycles. The van der Waals surface area contributed by atoms with Gasteiger partial charge in [-0.25, -0.2) is 9.59 Å². The average Bonchev–Trinajstić information content (AvgIpc) is 2.58. The summed E-state index contributed by atoms with van der Waals surface area (Å²) in [6.45, 7) is 2.48. The minimum atomic E-state index is -1.13. The maximum atomic E-state index is 12.6. The van der Waals surface area contributed by atoms with E-state index >= 15 is 0 Å². The van der Waals surface area contributed by atoms with Crippen molar-refractivity contribution in [3.63, 3.8) is 0 Å². The van der Waals surface area contributed by atoms with Crippen LogP contribution in [-0.4, -0.2) is 27.2 Å². The zero-order valence-electron chi connectivity index (χ0n) is 13.5. The van der Waals surface area contributed by atoms with Crippen LogP contribution >= 0.6 is 0 Å². The lowest BCUT2D eigenvalue weighted by Gasteiger charge is -2.09. The van der Waals surface area contributed by atoms with Crippen LogP contribution in [0.25, 0.3) is 10.9 Å². The van der Waals surface area contributed by atoms with Gasteiger partial charge in [0.15, 0.2) is 0 Å². The topological polar surface area (TPSA) is 101 Å². The fourth-order valence-corrected chi connectivity index (χ4v) is 2.61. The molecular weight excluding hydrogens is 324 g/mol. The highest BCUT2D eigenvalue weighted by Gasteiger charge is 2.11. The van der Waals surface area contributed by atoms with Gasteiger partial charge in [-0.05, 0) is 42.8 Å². The number of hydrogen-bond acceptors (Lipinski definition) is 4. The first-order chi connectivity index (χ1) is 12.0. The summed E-state index contributed by atoms with van der Waals surface area (Å²) in [5.74, 6) is -0.462. The summed E-state index contributed by atoms with van der Waals surface area (Å²) in [6.07, 6.45) is 0. The van der Waals surface area contributed by atoms with Crippen LogP contribution < -0.4 is 16.0 Å². The summed E-state index contributed by atoms with van der Waals surface area (Å²) in [4.78, 5) is 38.5. The Bertz CT molecular complexity index is 1060. The van der Waals surface area contributed by atoms with E-state index in [-0.39, 0.29) is 23.0 Å². The number of aromatic amines is 1. The Balaban J connectivity index is 2.06. The van der Waals surface area contributed by atoms with Gasteiger partial charge in [-0.3, -0.25) is 9.36 Å². The van der Waals surface area contributed by atoms with Gasteiger partial charge in [0.1, 0.15) is 5.75 Å². The highest BCUT2D eigenvalue weighted by atomic mass is 16.5. The van der Waals surface area contributed by atoms with Crippen LogP contribution in [-0.2, 0) is 6.54 Å². The minimum Gasteiger partial charge on any atom is -0.494 e. The number of carbonyl (C=O) groups is 1. The van der Waals surface area contributed by atoms with Gasteiger partial charge in [0, 0.05) is 0 Å². The van der Waals surface area contributed by atoms with Crippen molar-refractivity contribution < 1.29 is 14.6 Å². The molecule has 1 aromatic heterocycles. The number of H-pyrrole nitrogens is 1. The SMILES string of the molecule is CCOc1cccc(Cn2c(=O)[nH]c3cc(C(=O)O)ccc3c2=O)c1. The molecule has 0 radical (unpaired) electrons. The highest BCUT2D eigenvalue weighted by molar-refractivity contribution is 5.92. The third-order valence-electron chi connectivity index (χ3n) is 3.78. The molecule has 7 nitrogen and oxygen atoms in total. The molecule has 0 fully saturated rings. The van der Waals surface area contributed by atoms with Crippen molar-refractivity contribution in [1.82, 2.24) is 9.55 Å². The monoisotopic (exact) mass is 340 g/mol. The van der Waals surface area contributed by atoms with E-state index in [0.717, 1.165) is 10.1 Å². The smallest absolute Gasteiger partial charge is 0.335 e. The molecule has 0 aliphatic heterocycles. The quantitative estimate of drug-likeness (QED) is 0.738. The van der Waals surface area contributed by atoms with E-state index in [9.17, 15) is 14.4 Å². The van der Waals surface area contributed by atoms with Crippen molar-refractivity contribution in [1.29, 1.82) is 0 Å². The Morgan fingerprint density at radius 1 is 1.20 bits per heavy atom. The second-order valence-electron chi connectivity index (χ2n) is 5.47. The number of nitrogens with zero attached hydrogens (tertiary/aromatic N) is 1.